The molecule has 3 rings (SSSR count). The summed E-state index contributed by atoms with van der Waals surface area (Å²) in [4.78, 5) is 16.6. The number of nitrogens with one attached hydrogen (secondary N) is 2. The van der Waals surface area contributed by atoms with E-state index >= 15 is 0 Å². The van der Waals surface area contributed by atoms with Gasteiger partial charge in [0.25, 0.3) is 0 Å². The Bertz CT molecular complexity index is 687. The van der Waals surface area contributed by atoms with Crippen LogP contribution in [0.1, 0.15) is 22.7 Å². The first-order valence-corrected chi connectivity index (χ1v) is 7.27. The van der Waals surface area contributed by atoms with Gasteiger partial charge in [-0.15, -0.1) is 0 Å². The number of carbonyl (C=O) groups is 1. The Hall–Kier alpha value is -1.91. The monoisotopic (exact) mass is 301 g/mol. The first-order valence-electron chi connectivity index (χ1n) is 6.89. The summed E-state index contributed by atoms with van der Waals surface area (Å²) < 4.78 is 0. The second-order valence-electron chi connectivity index (χ2n) is 5.18. The van der Waals surface area contributed by atoms with Crippen LogP contribution >= 0.6 is 11.6 Å². The van der Waals surface area contributed by atoms with Crippen LogP contribution < -0.4 is 10.6 Å². The van der Waals surface area contributed by atoms with Crippen molar-refractivity contribution in [2.24, 2.45) is 0 Å². The van der Waals surface area contributed by atoms with Crippen LogP contribution in [-0.2, 0) is 11.2 Å². The molecule has 0 saturated heterocycles. The fraction of sp³-hybridized carbons (Fsp3) is 0.250. The molecule has 1 unspecified atom stereocenters. The number of nitrogens with zero attached hydrogens (tertiary/aromatic N) is 1. The Balaban J connectivity index is 1.85. The van der Waals surface area contributed by atoms with E-state index in [9.17, 15) is 4.79 Å². The van der Waals surface area contributed by atoms with E-state index in [0.717, 1.165) is 24.1 Å². The van der Waals surface area contributed by atoms with Gasteiger partial charge >= 0.3 is 0 Å². The smallest absolute Gasteiger partial charge is 0.246 e. The van der Waals surface area contributed by atoms with Crippen LogP contribution in [0, 0.1) is 6.92 Å². The number of anilines is 1. The molecule has 21 heavy (non-hydrogen) atoms. The molecule has 0 radical (unpaired) electrons. The van der Waals surface area contributed by atoms with E-state index in [2.05, 4.69) is 21.7 Å². The van der Waals surface area contributed by atoms with Gasteiger partial charge in [0.2, 0.25) is 5.91 Å². The topological polar surface area (TPSA) is 54.0 Å². The van der Waals surface area contributed by atoms with Crippen molar-refractivity contribution in [1.82, 2.24) is 10.3 Å². The average Bonchev–Trinajstić information content (AvgIpc) is 2.50. The fourth-order valence-electron chi connectivity index (χ4n) is 2.58. The van der Waals surface area contributed by atoms with E-state index in [1.165, 1.54) is 5.56 Å². The second kappa shape index (κ2) is 5.84. The first kappa shape index (κ1) is 14.0. The van der Waals surface area contributed by atoms with Crippen LogP contribution in [0.3, 0.4) is 0 Å². The zero-order chi connectivity index (χ0) is 14.8. The van der Waals surface area contributed by atoms with Gasteiger partial charge in [-0.3, -0.25) is 4.79 Å². The molecule has 0 spiro atoms. The van der Waals surface area contributed by atoms with Crippen LogP contribution in [-0.4, -0.2) is 17.4 Å². The van der Waals surface area contributed by atoms with E-state index in [0.29, 0.717) is 10.8 Å². The highest BCUT2D eigenvalue weighted by atomic mass is 35.5. The third-order valence-electron chi connectivity index (χ3n) is 3.60. The Morgan fingerprint density at radius 2 is 2.24 bits per heavy atom. The van der Waals surface area contributed by atoms with E-state index in [1.807, 2.05) is 31.2 Å². The highest BCUT2D eigenvalue weighted by molar-refractivity contribution is 6.32. The van der Waals surface area contributed by atoms with Gasteiger partial charge in [-0.25, -0.2) is 4.98 Å². The average molecular weight is 302 g/mol. The quantitative estimate of drug-likeness (QED) is 0.839. The number of fused-ring (bicyclic) bond motifs is 1. The molecule has 0 fully saturated rings. The number of halogens is 1. The SMILES string of the molecule is Cc1cnc(Cl)c(NC(=O)C2NCCc3ccccc32)c1. The zero-order valence-electron chi connectivity index (χ0n) is 11.7. The predicted octanol–water partition coefficient (Wildman–Crippen LogP) is 2.87. The van der Waals surface area contributed by atoms with Gasteiger partial charge in [-0.1, -0.05) is 35.9 Å². The maximum absolute atomic E-state index is 12.5. The molecular weight excluding hydrogens is 286 g/mol. The van der Waals surface area contributed by atoms with Gasteiger partial charge in [0.1, 0.15) is 6.04 Å². The molecule has 2 heterocycles. The lowest BCUT2D eigenvalue weighted by molar-refractivity contribution is -0.118. The second-order valence-corrected chi connectivity index (χ2v) is 5.53. The van der Waals surface area contributed by atoms with Gasteiger partial charge in [0, 0.05) is 12.7 Å². The normalized spacial score (nSPS) is 17.1. The van der Waals surface area contributed by atoms with Crippen LogP contribution in [0.25, 0.3) is 0 Å². The zero-order valence-corrected chi connectivity index (χ0v) is 12.4. The van der Waals surface area contributed by atoms with Gasteiger partial charge in [-0.05, 0) is 36.1 Å². The molecule has 1 aromatic carbocycles. The van der Waals surface area contributed by atoms with Crippen molar-refractivity contribution < 1.29 is 4.79 Å². The highest BCUT2D eigenvalue weighted by Crippen LogP contribution is 2.26. The minimum Gasteiger partial charge on any atom is -0.322 e. The van der Waals surface area contributed by atoms with Crippen LogP contribution in [0.4, 0.5) is 5.69 Å². The summed E-state index contributed by atoms with van der Waals surface area (Å²) in [5.41, 5.74) is 3.74. The lowest BCUT2D eigenvalue weighted by atomic mass is 9.94. The number of hydrogen-bond donors (Lipinski definition) is 2. The minimum absolute atomic E-state index is 0.114. The molecule has 1 amide bonds. The summed E-state index contributed by atoms with van der Waals surface area (Å²) in [6.07, 6.45) is 2.61. The predicted molar refractivity (Wildman–Crippen MR) is 83.5 cm³/mol. The highest BCUT2D eigenvalue weighted by Gasteiger charge is 2.26. The van der Waals surface area contributed by atoms with Gasteiger partial charge < -0.3 is 10.6 Å². The fourth-order valence-corrected chi connectivity index (χ4v) is 2.73. The lowest BCUT2D eigenvalue weighted by Gasteiger charge is -2.26. The molecule has 1 aromatic heterocycles. The summed E-state index contributed by atoms with van der Waals surface area (Å²) in [5, 5.41) is 6.42. The molecule has 1 aliphatic heterocycles. The number of pyridine rings is 1. The third-order valence-corrected chi connectivity index (χ3v) is 3.91. The number of aryl methyl sites for hydroxylation is 1. The maximum Gasteiger partial charge on any atom is 0.246 e. The standard InChI is InChI=1S/C16H16ClN3O/c1-10-8-13(15(17)19-9-10)20-16(21)14-12-5-3-2-4-11(12)6-7-18-14/h2-5,8-9,14,18H,6-7H2,1H3,(H,20,21). The van der Waals surface area contributed by atoms with Crippen molar-refractivity contribution in [2.75, 3.05) is 11.9 Å². The Morgan fingerprint density at radius 3 is 3.10 bits per heavy atom. The molecule has 1 atom stereocenters. The molecule has 108 valence electrons. The van der Waals surface area contributed by atoms with E-state index < -0.39 is 0 Å². The minimum atomic E-state index is -0.355. The summed E-state index contributed by atoms with van der Waals surface area (Å²) in [6.45, 7) is 2.70. The molecular formula is C16H16ClN3O. The van der Waals surface area contributed by atoms with Gasteiger partial charge in [-0.2, -0.15) is 0 Å². The molecule has 0 saturated carbocycles. The van der Waals surface area contributed by atoms with Gasteiger partial charge in [0.05, 0.1) is 5.69 Å². The molecule has 0 aliphatic carbocycles. The number of hydrogen-bond acceptors (Lipinski definition) is 3. The molecule has 4 nitrogen and oxygen atoms in total. The summed E-state index contributed by atoms with van der Waals surface area (Å²) >= 11 is 6.03. The first-order chi connectivity index (χ1) is 10.1. The maximum atomic E-state index is 12.5. The van der Waals surface area contributed by atoms with E-state index in [4.69, 9.17) is 11.6 Å². The Morgan fingerprint density at radius 1 is 1.43 bits per heavy atom. The van der Waals surface area contributed by atoms with Crippen LogP contribution in [0.2, 0.25) is 5.15 Å². The summed E-state index contributed by atoms with van der Waals surface area (Å²) in [5.74, 6) is -0.114. The van der Waals surface area contributed by atoms with Crippen molar-refractivity contribution in [3.8, 4) is 0 Å². The third kappa shape index (κ3) is 2.91. The number of amides is 1. The number of benzene rings is 1. The van der Waals surface area contributed by atoms with Crippen LogP contribution in [0.5, 0.6) is 0 Å². The number of aromatic nitrogens is 1. The van der Waals surface area contributed by atoms with Crippen molar-refractivity contribution >= 4 is 23.2 Å². The van der Waals surface area contributed by atoms with E-state index in [-0.39, 0.29) is 11.9 Å². The summed E-state index contributed by atoms with van der Waals surface area (Å²) in [7, 11) is 0. The Labute approximate surface area is 128 Å². The lowest BCUT2D eigenvalue weighted by Crippen LogP contribution is -2.38. The van der Waals surface area contributed by atoms with Crippen molar-refractivity contribution in [1.29, 1.82) is 0 Å². The van der Waals surface area contributed by atoms with Crippen LogP contribution in [0.15, 0.2) is 36.5 Å². The van der Waals surface area contributed by atoms with Crippen molar-refractivity contribution in [2.45, 2.75) is 19.4 Å². The molecule has 5 heteroatoms. The van der Waals surface area contributed by atoms with Crippen molar-refractivity contribution in [3.05, 3.63) is 58.4 Å². The molecule has 1 aliphatic rings. The van der Waals surface area contributed by atoms with Gasteiger partial charge in [0.15, 0.2) is 5.15 Å². The number of carbonyl (C=O) groups excluding carboxylic acids is 1. The van der Waals surface area contributed by atoms with Crippen molar-refractivity contribution in [3.63, 3.8) is 0 Å². The molecule has 2 N–H and O–H groups in total. The largest absolute Gasteiger partial charge is 0.322 e. The molecule has 0 bridgehead atoms. The van der Waals surface area contributed by atoms with E-state index in [1.54, 1.807) is 6.20 Å². The molecule has 2 aromatic rings. The number of rotatable bonds is 2. The Kier molecular flexibility index (Phi) is 3.90. The summed E-state index contributed by atoms with van der Waals surface area (Å²) in [6, 6.07) is 9.47.